The van der Waals surface area contributed by atoms with Crippen molar-refractivity contribution in [1.82, 2.24) is 4.72 Å². The zero-order valence-corrected chi connectivity index (χ0v) is 13.5. The predicted octanol–water partition coefficient (Wildman–Crippen LogP) is 3.13. The number of hydrogen-bond acceptors (Lipinski definition) is 4. The monoisotopic (exact) mass is 374 g/mol. The fraction of sp³-hybridized carbons (Fsp3) is 0.200. The Morgan fingerprint density at radius 3 is 2.04 bits per heavy atom. The van der Waals surface area contributed by atoms with Gasteiger partial charge in [-0.05, 0) is 36.2 Å². The van der Waals surface area contributed by atoms with E-state index in [1.165, 1.54) is 12.1 Å². The van der Waals surface area contributed by atoms with Crippen molar-refractivity contribution in [2.75, 3.05) is 6.54 Å². The number of nitrogens with zero attached hydrogens (tertiary/aromatic N) is 1. The number of alkyl halides is 3. The number of nitro groups is 1. The molecular formula is C15H13F3N2O4S. The SMILES string of the molecule is O=[N+]([O-])c1ccc(S(=O)(=O)NCCc2ccc(C(F)(F)F)cc2)cc1. The summed E-state index contributed by atoms with van der Waals surface area (Å²) in [7, 11) is -3.86. The molecule has 0 radical (unpaired) electrons. The van der Waals surface area contributed by atoms with Gasteiger partial charge in [0, 0.05) is 18.7 Å². The van der Waals surface area contributed by atoms with Crippen LogP contribution < -0.4 is 4.72 Å². The fourth-order valence-corrected chi connectivity index (χ4v) is 3.05. The molecule has 0 saturated carbocycles. The maximum absolute atomic E-state index is 12.5. The maximum Gasteiger partial charge on any atom is 0.416 e. The Bertz CT molecular complexity index is 848. The van der Waals surface area contributed by atoms with Gasteiger partial charge in [0.2, 0.25) is 10.0 Å². The largest absolute Gasteiger partial charge is 0.416 e. The number of hydrogen-bond donors (Lipinski definition) is 1. The topological polar surface area (TPSA) is 89.3 Å². The minimum atomic E-state index is -4.42. The quantitative estimate of drug-likeness (QED) is 0.621. The molecule has 0 aromatic heterocycles. The van der Waals surface area contributed by atoms with Crippen LogP contribution in [-0.4, -0.2) is 19.9 Å². The zero-order valence-electron chi connectivity index (χ0n) is 12.7. The minimum absolute atomic E-state index is 0.0231. The molecule has 2 rings (SSSR count). The second-order valence-electron chi connectivity index (χ2n) is 5.09. The Morgan fingerprint density at radius 2 is 1.56 bits per heavy atom. The van der Waals surface area contributed by atoms with Crippen LogP contribution in [0.25, 0.3) is 0 Å². The molecule has 2 aromatic rings. The first-order valence-electron chi connectivity index (χ1n) is 7.00. The average Bonchev–Trinajstić information content (AvgIpc) is 2.54. The van der Waals surface area contributed by atoms with Gasteiger partial charge in [-0.3, -0.25) is 10.1 Å². The molecule has 0 amide bonds. The number of sulfonamides is 1. The summed E-state index contributed by atoms with van der Waals surface area (Å²) >= 11 is 0. The second-order valence-corrected chi connectivity index (χ2v) is 6.86. The van der Waals surface area contributed by atoms with Gasteiger partial charge in [-0.2, -0.15) is 13.2 Å². The summed E-state index contributed by atoms with van der Waals surface area (Å²) in [5.41, 5.74) is -0.467. The molecule has 0 saturated heterocycles. The van der Waals surface area contributed by atoms with E-state index < -0.39 is 26.7 Å². The van der Waals surface area contributed by atoms with Gasteiger partial charge in [-0.25, -0.2) is 13.1 Å². The lowest BCUT2D eigenvalue weighted by Gasteiger charge is -2.09. The molecular weight excluding hydrogens is 361 g/mol. The first-order chi connectivity index (χ1) is 11.6. The Balaban J connectivity index is 1.97. The molecule has 10 heteroatoms. The molecule has 2 aromatic carbocycles. The Morgan fingerprint density at radius 1 is 1.00 bits per heavy atom. The molecule has 0 fully saturated rings. The van der Waals surface area contributed by atoms with Gasteiger partial charge in [-0.1, -0.05) is 12.1 Å². The van der Waals surface area contributed by atoms with Crippen molar-refractivity contribution >= 4 is 15.7 Å². The number of nitrogens with one attached hydrogen (secondary N) is 1. The molecule has 6 nitrogen and oxygen atoms in total. The highest BCUT2D eigenvalue weighted by Crippen LogP contribution is 2.29. The molecule has 134 valence electrons. The van der Waals surface area contributed by atoms with E-state index in [0.29, 0.717) is 5.56 Å². The lowest BCUT2D eigenvalue weighted by molar-refractivity contribution is -0.384. The van der Waals surface area contributed by atoms with Crippen molar-refractivity contribution in [3.05, 3.63) is 69.8 Å². The summed E-state index contributed by atoms with van der Waals surface area (Å²) in [4.78, 5) is 9.77. The van der Waals surface area contributed by atoms with Gasteiger partial charge in [0.05, 0.1) is 15.4 Å². The number of nitro benzene ring substituents is 1. The third kappa shape index (κ3) is 5.00. The van der Waals surface area contributed by atoms with Crippen LogP contribution in [0.5, 0.6) is 0 Å². The molecule has 0 aliphatic rings. The van der Waals surface area contributed by atoms with Gasteiger partial charge in [0.25, 0.3) is 5.69 Å². The highest BCUT2D eigenvalue weighted by molar-refractivity contribution is 7.89. The summed E-state index contributed by atoms with van der Waals surface area (Å²) in [6.07, 6.45) is -4.22. The van der Waals surface area contributed by atoms with Crippen molar-refractivity contribution < 1.29 is 26.5 Å². The number of benzene rings is 2. The number of halogens is 3. The third-order valence-electron chi connectivity index (χ3n) is 3.34. The van der Waals surface area contributed by atoms with Gasteiger partial charge < -0.3 is 0 Å². The highest BCUT2D eigenvalue weighted by Gasteiger charge is 2.29. The predicted molar refractivity (Wildman–Crippen MR) is 83.4 cm³/mol. The van der Waals surface area contributed by atoms with Crippen molar-refractivity contribution in [3.63, 3.8) is 0 Å². The molecule has 0 atom stereocenters. The Labute approximate surface area is 141 Å². The zero-order chi connectivity index (χ0) is 18.7. The van der Waals surface area contributed by atoms with E-state index in [-0.39, 0.29) is 23.5 Å². The van der Waals surface area contributed by atoms with Gasteiger partial charge in [-0.15, -0.1) is 0 Å². The van der Waals surface area contributed by atoms with Crippen LogP contribution in [0.3, 0.4) is 0 Å². The molecule has 0 spiro atoms. The van der Waals surface area contributed by atoms with Crippen LogP contribution in [0.15, 0.2) is 53.4 Å². The van der Waals surface area contributed by atoms with E-state index in [0.717, 1.165) is 36.4 Å². The van der Waals surface area contributed by atoms with E-state index in [9.17, 15) is 31.7 Å². The number of non-ortho nitro benzene ring substituents is 1. The highest BCUT2D eigenvalue weighted by atomic mass is 32.2. The van der Waals surface area contributed by atoms with E-state index in [2.05, 4.69) is 4.72 Å². The van der Waals surface area contributed by atoms with Crippen LogP contribution in [-0.2, 0) is 22.6 Å². The van der Waals surface area contributed by atoms with Gasteiger partial charge in [0.1, 0.15) is 0 Å². The number of rotatable bonds is 6. The molecule has 1 N–H and O–H groups in total. The van der Waals surface area contributed by atoms with Gasteiger partial charge >= 0.3 is 6.18 Å². The van der Waals surface area contributed by atoms with E-state index >= 15 is 0 Å². The van der Waals surface area contributed by atoms with E-state index in [1.54, 1.807) is 0 Å². The van der Waals surface area contributed by atoms with Crippen LogP contribution in [0.2, 0.25) is 0 Å². The molecule has 0 aliphatic heterocycles. The normalized spacial score (nSPS) is 12.1. The van der Waals surface area contributed by atoms with Crippen molar-refractivity contribution in [3.8, 4) is 0 Å². The first kappa shape index (κ1) is 18.9. The molecule has 0 bridgehead atoms. The molecule has 0 heterocycles. The van der Waals surface area contributed by atoms with Crippen molar-refractivity contribution in [2.24, 2.45) is 0 Å². The fourth-order valence-electron chi connectivity index (χ4n) is 2.02. The summed E-state index contributed by atoms with van der Waals surface area (Å²) in [5, 5.41) is 10.5. The third-order valence-corrected chi connectivity index (χ3v) is 4.82. The van der Waals surface area contributed by atoms with Crippen molar-refractivity contribution in [2.45, 2.75) is 17.5 Å². The van der Waals surface area contributed by atoms with Crippen molar-refractivity contribution in [1.29, 1.82) is 0 Å². The molecule has 25 heavy (non-hydrogen) atoms. The molecule has 0 unspecified atom stereocenters. The lowest BCUT2D eigenvalue weighted by Crippen LogP contribution is -2.26. The van der Waals surface area contributed by atoms with Crippen LogP contribution >= 0.6 is 0 Å². The smallest absolute Gasteiger partial charge is 0.258 e. The van der Waals surface area contributed by atoms with Gasteiger partial charge in [0.15, 0.2) is 0 Å². The Hall–Kier alpha value is -2.46. The van der Waals surface area contributed by atoms with E-state index in [4.69, 9.17) is 0 Å². The van der Waals surface area contributed by atoms with Crippen LogP contribution in [0.1, 0.15) is 11.1 Å². The summed E-state index contributed by atoms with van der Waals surface area (Å²) in [6, 6.07) is 8.79. The summed E-state index contributed by atoms with van der Waals surface area (Å²) in [6.45, 7) is -0.0231. The van der Waals surface area contributed by atoms with Crippen LogP contribution in [0.4, 0.5) is 18.9 Å². The summed E-state index contributed by atoms with van der Waals surface area (Å²) < 4.78 is 63.8. The lowest BCUT2D eigenvalue weighted by atomic mass is 10.1. The minimum Gasteiger partial charge on any atom is -0.258 e. The van der Waals surface area contributed by atoms with E-state index in [1.807, 2.05) is 0 Å². The standard InChI is InChI=1S/C15H13F3N2O4S/c16-15(17,18)12-3-1-11(2-4-12)9-10-19-25(23,24)14-7-5-13(6-8-14)20(21)22/h1-8,19H,9-10H2. The second kappa shape index (κ2) is 7.19. The first-order valence-corrected chi connectivity index (χ1v) is 8.48. The maximum atomic E-state index is 12.5. The summed E-state index contributed by atoms with van der Waals surface area (Å²) in [5.74, 6) is 0. The Kier molecular flexibility index (Phi) is 5.43. The van der Waals surface area contributed by atoms with Crippen LogP contribution in [0, 0.1) is 10.1 Å². The average molecular weight is 374 g/mol. The molecule has 0 aliphatic carbocycles.